The molecule has 0 aliphatic carbocycles. The fourth-order valence-corrected chi connectivity index (χ4v) is 1.82. The minimum absolute atomic E-state index is 0.0785. The first-order valence-corrected chi connectivity index (χ1v) is 5.17. The zero-order chi connectivity index (χ0) is 11.6. The topological polar surface area (TPSA) is 20.2 Å². The highest BCUT2D eigenvalue weighted by molar-refractivity contribution is 5.56. The molecular weight excluding hydrogens is 184 g/mol. The Hall–Kier alpha value is -1.26. The minimum atomic E-state index is -0.0785. The molecule has 1 heteroatoms. The first-order valence-electron chi connectivity index (χ1n) is 5.17. The normalized spacial score (nSPS) is 9.73. The average Bonchev–Trinajstić information content (AvgIpc) is 2.24. The van der Waals surface area contributed by atoms with E-state index in [0.717, 1.165) is 5.56 Å². The monoisotopic (exact) mass is 202 g/mol. The van der Waals surface area contributed by atoms with E-state index in [9.17, 15) is 0 Å². The summed E-state index contributed by atoms with van der Waals surface area (Å²) in [6.07, 6.45) is 0. The molecule has 1 aromatic carbocycles. The van der Waals surface area contributed by atoms with Gasteiger partial charge in [0.1, 0.15) is 6.61 Å². The SMILES string of the molecule is Cc1c(C)c(C)c(C#CCO)c(C)c1C. The van der Waals surface area contributed by atoms with Gasteiger partial charge in [0.25, 0.3) is 0 Å². The van der Waals surface area contributed by atoms with Crippen LogP contribution in [0.5, 0.6) is 0 Å². The lowest BCUT2D eigenvalue weighted by Gasteiger charge is -2.14. The number of aliphatic hydroxyl groups is 1. The van der Waals surface area contributed by atoms with Gasteiger partial charge in [0.2, 0.25) is 0 Å². The lowest BCUT2D eigenvalue weighted by Crippen LogP contribution is -1.99. The van der Waals surface area contributed by atoms with Crippen LogP contribution >= 0.6 is 0 Å². The predicted octanol–water partition coefficient (Wildman–Crippen LogP) is 2.57. The van der Waals surface area contributed by atoms with Crippen molar-refractivity contribution in [3.05, 3.63) is 33.4 Å². The van der Waals surface area contributed by atoms with Crippen molar-refractivity contribution in [1.29, 1.82) is 0 Å². The van der Waals surface area contributed by atoms with Gasteiger partial charge in [-0.2, -0.15) is 0 Å². The van der Waals surface area contributed by atoms with E-state index in [4.69, 9.17) is 5.11 Å². The fourth-order valence-electron chi connectivity index (χ4n) is 1.82. The van der Waals surface area contributed by atoms with E-state index in [1.165, 1.54) is 27.8 Å². The Labute approximate surface area is 92.1 Å². The molecule has 0 saturated heterocycles. The van der Waals surface area contributed by atoms with Gasteiger partial charge in [0.05, 0.1) is 0 Å². The summed E-state index contributed by atoms with van der Waals surface area (Å²) in [6, 6.07) is 0. The molecule has 1 rings (SSSR count). The summed E-state index contributed by atoms with van der Waals surface area (Å²) in [5.41, 5.74) is 7.50. The first kappa shape index (κ1) is 11.8. The van der Waals surface area contributed by atoms with Crippen molar-refractivity contribution in [3.8, 4) is 11.8 Å². The molecule has 0 saturated carbocycles. The molecule has 0 aliphatic heterocycles. The van der Waals surface area contributed by atoms with Gasteiger partial charge in [-0.25, -0.2) is 0 Å². The van der Waals surface area contributed by atoms with Crippen LogP contribution in [0.2, 0.25) is 0 Å². The van der Waals surface area contributed by atoms with Crippen LogP contribution in [0.1, 0.15) is 33.4 Å². The summed E-state index contributed by atoms with van der Waals surface area (Å²) in [5, 5.41) is 8.73. The molecule has 80 valence electrons. The number of rotatable bonds is 0. The molecule has 0 spiro atoms. The lowest BCUT2D eigenvalue weighted by atomic mass is 9.90. The minimum Gasteiger partial charge on any atom is -0.384 e. The van der Waals surface area contributed by atoms with Crippen LogP contribution in [0.15, 0.2) is 0 Å². The number of hydrogen-bond acceptors (Lipinski definition) is 1. The standard InChI is InChI=1S/C14H18O/c1-9-10(2)12(4)14(7-6-8-15)13(5)11(9)3/h15H,8H2,1-5H3. The molecule has 0 atom stereocenters. The van der Waals surface area contributed by atoms with Gasteiger partial charge in [0, 0.05) is 5.56 Å². The molecular formula is C14H18O. The van der Waals surface area contributed by atoms with Crippen LogP contribution in [0, 0.1) is 46.5 Å². The summed E-state index contributed by atoms with van der Waals surface area (Å²) in [4.78, 5) is 0. The second kappa shape index (κ2) is 4.51. The van der Waals surface area contributed by atoms with E-state index in [1.807, 2.05) is 0 Å². The van der Waals surface area contributed by atoms with Crippen LogP contribution in [0.25, 0.3) is 0 Å². The van der Waals surface area contributed by atoms with Gasteiger partial charge in [-0.15, -0.1) is 0 Å². The fraction of sp³-hybridized carbons (Fsp3) is 0.429. The molecule has 0 aliphatic rings. The van der Waals surface area contributed by atoms with Crippen LogP contribution in [0.3, 0.4) is 0 Å². The molecule has 0 heterocycles. The maximum atomic E-state index is 8.73. The second-order valence-electron chi connectivity index (χ2n) is 3.96. The maximum Gasteiger partial charge on any atom is 0.104 e. The van der Waals surface area contributed by atoms with Gasteiger partial charge >= 0.3 is 0 Å². The van der Waals surface area contributed by atoms with E-state index in [-0.39, 0.29) is 6.61 Å². The highest BCUT2D eigenvalue weighted by Gasteiger charge is 2.09. The first-order chi connectivity index (χ1) is 7.00. The molecule has 0 radical (unpaired) electrons. The van der Waals surface area contributed by atoms with Crippen molar-refractivity contribution in [2.45, 2.75) is 34.6 Å². The number of hydrogen-bond donors (Lipinski definition) is 1. The van der Waals surface area contributed by atoms with Crippen molar-refractivity contribution < 1.29 is 5.11 Å². The van der Waals surface area contributed by atoms with E-state index in [2.05, 4.69) is 46.5 Å². The zero-order valence-corrected chi connectivity index (χ0v) is 10.2. The Morgan fingerprint density at radius 2 is 1.20 bits per heavy atom. The van der Waals surface area contributed by atoms with Crippen LogP contribution in [-0.4, -0.2) is 11.7 Å². The Kier molecular flexibility index (Phi) is 3.55. The number of benzene rings is 1. The molecule has 0 fully saturated rings. The van der Waals surface area contributed by atoms with Crippen LogP contribution < -0.4 is 0 Å². The summed E-state index contributed by atoms with van der Waals surface area (Å²) in [7, 11) is 0. The average molecular weight is 202 g/mol. The van der Waals surface area contributed by atoms with E-state index in [1.54, 1.807) is 0 Å². The van der Waals surface area contributed by atoms with Crippen molar-refractivity contribution in [2.75, 3.05) is 6.61 Å². The molecule has 0 amide bonds. The molecule has 0 bridgehead atoms. The van der Waals surface area contributed by atoms with Crippen LogP contribution in [0.4, 0.5) is 0 Å². The second-order valence-corrected chi connectivity index (χ2v) is 3.96. The third-order valence-corrected chi connectivity index (χ3v) is 3.29. The summed E-state index contributed by atoms with van der Waals surface area (Å²) in [6.45, 7) is 10.5. The van der Waals surface area contributed by atoms with Crippen molar-refractivity contribution >= 4 is 0 Å². The van der Waals surface area contributed by atoms with Gasteiger partial charge in [0.15, 0.2) is 0 Å². The van der Waals surface area contributed by atoms with Crippen molar-refractivity contribution in [3.63, 3.8) is 0 Å². The van der Waals surface area contributed by atoms with E-state index in [0.29, 0.717) is 0 Å². The molecule has 0 unspecified atom stereocenters. The number of aliphatic hydroxyl groups excluding tert-OH is 1. The third kappa shape index (κ3) is 2.06. The lowest BCUT2D eigenvalue weighted by molar-refractivity contribution is 0.350. The zero-order valence-electron chi connectivity index (χ0n) is 10.2. The Bertz CT molecular complexity index is 416. The predicted molar refractivity (Wildman–Crippen MR) is 64.1 cm³/mol. The Balaban J connectivity index is 3.52. The smallest absolute Gasteiger partial charge is 0.104 e. The highest BCUT2D eigenvalue weighted by atomic mass is 16.2. The van der Waals surface area contributed by atoms with Gasteiger partial charge < -0.3 is 5.11 Å². The van der Waals surface area contributed by atoms with E-state index >= 15 is 0 Å². The third-order valence-electron chi connectivity index (χ3n) is 3.29. The molecule has 1 aromatic rings. The van der Waals surface area contributed by atoms with Gasteiger partial charge in [-0.1, -0.05) is 11.8 Å². The highest BCUT2D eigenvalue weighted by Crippen LogP contribution is 2.25. The van der Waals surface area contributed by atoms with Gasteiger partial charge in [-0.05, 0) is 62.4 Å². The maximum absolute atomic E-state index is 8.73. The molecule has 0 aromatic heterocycles. The summed E-state index contributed by atoms with van der Waals surface area (Å²) >= 11 is 0. The summed E-state index contributed by atoms with van der Waals surface area (Å²) < 4.78 is 0. The molecule has 15 heavy (non-hydrogen) atoms. The van der Waals surface area contributed by atoms with Gasteiger partial charge in [-0.3, -0.25) is 0 Å². The largest absolute Gasteiger partial charge is 0.384 e. The summed E-state index contributed by atoms with van der Waals surface area (Å²) in [5.74, 6) is 5.77. The molecule has 1 N–H and O–H groups in total. The van der Waals surface area contributed by atoms with Crippen LogP contribution in [-0.2, 0) is 0 Å². The van der Waals surface area contributed by atoms with E-state index < -0.39 is 0 Å². The van der Waals surface area contributed by atoms with Crippen molar-refractivity contribution in [2.24, 2.45) is 0 Å². The Morgan fingerprint density at radius 1 is 0.800 bits per heavy atom. The van der Waals surface area contributed by atoms with Crippen molar-refractivity contribution in [1.82, 2.24) is 0 Å². The quantitative estimate of drug-likeness (QED) is 0.641. The molecule has 1 nitrogen and oxygen atoms in total. The Morgan fingerprint density at radius 3 is 1.60 bits per heavy atom.